The highest BCUT2D eigenvalue weighted by Crippen LogP contribution is 2.32. The Morgan fingerprint density at radius 1 is 0.972 bits per heavy atom. The third kappa shape index (κ3) is 7.00. The van der Waals surface area contributed by atoms with Crippen molar-refractivity contribution in [3.05, 3.63) is 64.6 Å². The lowest BCUT2D eigenvalue weighted by molar-refractivity contribution is -0.146. The Morgan fingerprint density at radius 3 is 2.19 bits per heavy atom. The van der Waals surface area contributed by atoms with Gasteiger partial charge < -0.3 is 4.57 Å². The average Bonchev–Trinajstić information content (AvgIpc) is 3.14. The molecule has 1 aliphatic rings. The number of fused-ring (bicyclic) bond motifs is 1. The molecule has 1 aliphatic heterocycles. The molecule has 4 rings (SSSR count). The summed E-state index contributed by atoms with van der Waals surface area (Å²) in [4.78, 5) is 13.2. The number of hydrogen-bond donors (Lipinski definition) is 0. The first kappa shape index (κ1) is 30.1. The number of pyridine rings is 1. The van der Waals surface area contributed by atoms with Gasteiger partial charge >= 0.3 is 6.18 Å². The zero-order chi connectivity index (χ0) is 24.5. The van der Waals surface area contributed by atoms with E-state index >= 15 is 0 Å². The summed E-state index contributed by atoms with van der Waals surface area (Å²) in [7, 11) is 0. The van der Waals surface area contributed by atoms with Crippen LogP contribution in [0.1, 0.15) is 42.1 Å². The minimum Gasteiger partial charge on any atom is -0.301 e. The molecule has 0 spiro atoms. The van der Waals surface area contributed by atoms with Crippen molar-refractivity contribution < 1.29 is 13.2 Å². The molecule has 0 aliphatic carbocycles. The molecule has 0 bridgehead atoms. The molecule has 0 radical (unpaired) electrons. The van der Waals surface area contributed by atoms with Crippen LogP contribution in [0.4, 0.5) is 13.2 Å². The highest BCUT2D eigenvalue weighted by atomic mass is 35.5. The zero-order valence-corrected chi connectivity index (χ0v) is 22.7. The predicted octanol–water partition coefficient (Wildman–Crippen LogP) is 6.00. The molecule has 0 saturated carbocycles. The second-order valence-corrected chi connectivity index (χ2v) is 9.35. The van der Waals surface area contributed by atoms with Crippen LogP contribution in [0.3, 0.4) is 0 Å². The van der Waals surface area contributed by atoms with Crippen LogP contribution in [-0.4, -0.2) is 63.1 Å². The summed E-state index contributed by atoms with van der Waals surface area (Å²) in [5, 5.41) is 0. The lowest BCUT2D eigenvalue weighted by Gasteiger charge is -2.36. The quantitative estimate of drug-likeness (QED) is 0.382. The second-order valence-electron chi connectivity index (χ2n) is 9.35. The number of halogens is 5. The minimum atomic E-state index is -4.55. The van der Waals surface area contributed by atoms with Gasteiger partial charge in [0.1, 0.15) is 5.52 Å². The van der Waals surface area contributed by atoms with E-state index in [1.54, 1.807) is 19.9 Å². The van der Waals surface area contributed by atoms with Crippen LogP contribution in [-0.2, 0) is 12.7 Å². The van der Waals surface area contributed by atoms with Crippen molar-refractivity contribution >= 4 is 42.1 Å². The van der Waals surface area contributed by atoms with Crippen LogP contribution < -0.4 is 0 Å². The van der Waals surface area contributed by atoms with E-state index in [1.165, 1.54) is 4.57 Å². The fourth-order valence-electron chi connectivity index (χ4n) is 4.49. The first-order chi connectivity index (χ1) is 16.1. The van der Waals surface area contributed by atoms with Crippen LogP contribution in [0.2, 0.25) is 0 Å². The summed E-state index contributed by atoms with van der Waals surface area (Å²) in [6.45, 7) is 13.3. The summed E-state index contributed by atoms with van der Waals surface area (Å²) in [6, 6.07) is 9.97. The molecule has 5 nitrogen and oxygen atoms in total. The number of rotatable bonds is 6. The Labute approximate surface area is 223 Å². The highest BCUT2D eigenvalue weighted by Gasteiger charge is 2.38. The van der Waals surface area contributed by atoms with E-state index < -0.39 is 12.0 Å². The maximum Gasteiger partial charge on any atom is 0.449 e. The molecule has 0 atom stereocenters. The van der Waals surface area contributed by atoms with Gasteiger partial charge in [0.15, 0.2) is 5.65 Å². The molecule has 198 valence electrons. The smallest absolute Gasteiger partial charge is 0.301 e. The van der Waals surface area contributed by atoms with Gasteiger partial charge in [-0.2, -0.15) is 13.2 Å². The number of benzene rings is 1. The first-order valence-corrected chi connectivity index (χ1v) is 11.8. The normalized spacial score (nSPS) is 15.4. The van der Waals surface area contributed by atoms with Gasteiger partial charge in [-0.1, -0.05) is 36.4 Å². The molecule has 36 heavy (non-hydrogen) atoms. The fraction of sp³-hybridized carbons (Fsp3) is 0.462. The van der Waals surface area contributed by atoms with Crippen molar-refractivity contribution in [2.24, 2.45) is 0 Å². The van der Waals surface area contributed by atoms with Gasteiger partial charge in [0.05, 0.1) is 6.54 Å². The molecule has 3 aromatic rings. The molecule has 0 amide bonds. The number of nitrogens with zero attached hydrogens (tertiary/aromatic N) is 5. The lowest BCUT2D eigenvalue weighted by atomic mass is 10.1. The van der Waals surface area contributed by atoms with Gasteiger partial charge in [-0.15, -0.1) is 24.8 Å². The molecule has 2 aromatic heterocycles. The van der Waals surface area contributed by atoms with E-state index in [4.69, 9.17) is 0 Å². The van der Waals surface area contributed by atoms with Gasteiger partial charge in [-0.25, -0.2) is 9.97 Å². The number of aromatic nitrogens is 3. The van der Waals surface area contributed by atoms with E-state index in [-0.39, 0.29) is 37.0 Å². The SMILES string of the molecule is Cc1cc(C)c2nc(C(F)(F)F)n(Cc3ccc(/C=C/CN4CCN(C(C)C)CC4)cc3)c2n1.Cl.Cl. The fourth-order valence-corrected chi connectivity index (χ4v) is 4.49. The molecule has 10 heteroatoms. The molecule has 0 unspecified atom stereocenters. The molecular formula is C26H34Cl2F3N5. The largest absolute Gasteiger partial charge is 0.449 e. The van der Waals surface area contributed by atoms with Crippen LogP contribution in [0.25, 0.3) is 17.2 Å². The van der Waals surface area contributed by atoms with Gasteiger partial charge in [-0.3, -0.25) is 9.80 Å². The second kappa shape index (κ2) is 12.4. The maximum atomic E-state index is 13.7. The number of alkyl halides is 3. The van der Waals surface area contributed by atoms with E-state index in [2.05, 4.69) is 45.8 Å². The number of imidazole rings is 1. The van der Waals surface area contributed by atoms with Crippen LogP contribution >= 0.6 is 24.8 Å². The lowest BCUT2D eigenvalue weighted by Crippen LogP contribution is -2.48. The van der Waals surface area contributed by atoms with Crippen molar-refractivity contribution in [1.82, 2.24) is 24.3 Å². The summed E-state index contributed by atoms with van der Waals surface area (Å²) in [5.41, 5.74) is 3.73. The number of piperazine rings is 1. The van der Waals surface area contributed by atoms with Crippen LogP contribution in [0, 0.1) is 13.8 Å². The van der Waals surface area contributed by atoms with E-state index in [0.29, 0.717) is 22.8 Å². The van der Waals surface area contributed by atoms with Gasteiger partial charge in [0.25, 0.3) is 0 Å². The summed E-state index contributed by atoms with van der Waals surface area (Å²) >= 11 is 0. The van der Waals surface area contributed by atoms with Crippen molar-refractivity contribution in [3.8, 4) is 0 Å². The van der Waals surface area contributed by atoms with Crippen LogP contribution in [0.5, 0.6) is 0 Å². The topological polar surface area (TPSA) is 37.2 Å². The van der Waals surface area contributed by atoms with E-state index in [1.807, 2.05) is 24.3 Å². The molecule has 3 heterocycles. The predicted molar refractivity (Wildman–Crippen MR) is 144 cm³/mol. The summed E-state index contributed by atoms with van der Waals surface area (Å²) in [5.74, 6) is -0.912. The van der Waals surface area contributed by atoms with Gasteiger partial charge in [-0.05, 0) is 50.5 Å². The average molecular weight is 544 g/mol. The molecular weight excluding hydrogens is 510 g/mol. The monoisotopic (exact) mass is 543 g/mol. The van der Waals surface area contributed by atoms with E-state index in [9.17, 15) is 13.2 Å². The molecule has 1 aromatic carbocycles. The first-order valence-electron chi connectivity index (χ1n) is 11.8. The van der Waals surface area contributed by atoms with Crippen molar-refractivity contribution in [2.75, 3.05) is 32.7 Å². The van der Waals surface area contributed by atoms with Crippen LogP contribution in [0.15, 0.2) is 36.4 Å². The van der Waals surface area contributed by atoms with E-state index in [0.717, 1.165) is 43.9 Å². The molecule has 1 saturated heterocycles. The Morgan fingerprint density at radius 2 is 1.61 bits per heavy atom. The van der Waals surface area contributed by atoms with Crippen molar-refractivity contribution in [3.63, 3.8) is 0 Å². The number of hydrogen-bond acceptors (Lipinski definition) is 4. The Kier molecular flexibility index (Phi) is 10.4. The Hall–Kier alpha value is -2.13. The summed E-state index contributed by atoms with van der Waals surface area (Å²) < 4.78 is 42.3. The maximum absolute atomic E-state index is 13.7. The Balaban J connectivity index is 0.00000228. The highest BCUT2D eigenvalue weighted by molar-refractivity contribution is 5.85. The zero-order valence-electron chi connectivity index (χ0n) is 21.0. The third-order valence-corrected chi connectivity index (χ3v) is 6.41. The van der Waals surface area contributed by atoms with Gasteiger partial charge in [0, 0.05) is 44.5 Å². The van der Waals surface area contributed by atoms with Crippen molar-refractivity contribution in [1.29, 1.82) is 0 Å². The third-order valence-electron chi connectivity index (χ3n) is 6.41. The molecule has 0 N–H and O–H groups in total. The Bertz CT molecular complexity index is 1170. The standard InChI is InChI=1S/C26H32F3N5.2ClH/c1-18(2)33-14-12-32(13-15-33)11-5-6-21-7-9-22(10-8-21)17-34-24-23(19(3)16-20(4)30-24)31-25(34)26(27,28)29;;/h5-10,16,18H,11-15,17H2,1-4H3;2*1H/b6-5+;;. The molecule has 1 fully saturated rings. The number of aryl methyl sites for hydroxylation is 2. The van der Waals surface area contributed by atoms with Gasteiger partial charge in [0.2, 0.25) is 5.82 Å². The van der Waals surface area contributed by atoms with Crippen molar-refractivity contribution in [2.45, 2.75) is 46.5 Å². The summed E-state index contributed by atoms with van der Waals surface area (Å²) in [6.07, 6.45) is -0.328. The minimum absolute atomic E-state index is 0.